The van der Waals surface area contributed by atoms with Crippen molar-refractivity contribution in [2.24, 2.45) is 0 Å². The molecule has 0 saturated carbocycles. The van der Waals surface area contributed by atoms with Crippen LogP contribution >= 0.6 is 0 Å². The second kappa shape index (κ2) is 8.29. The molecule has 0 radical (unpaired) electrons. The van der Waals surface area contributed by atoms with E-state index in [1.807, 2.05) is 0 Å². The highest BCUT2D eigenvalue weighted by Crippen LogP contribution is 2.30. The van der Waals surface area contributed by atoms with Crippen molar-refractivity contribution in [2.45, 2.75) is 38.0 Å². The summed E-state index contributed by atoms with van der Waals surface area (Å²) in [7, 11) is -3.75. The third-order valence-electron chi connectivity index (χ3n) is 4.83. The van der Waals surface area contributed by atoms with Crippen LogP contribution in [0.15, 0.2) is 29.1 Å². The van der Waals surface area contributed by atoms with Gasteiger partial charge in [0.25, 0.3) is 0 Å². The van der Waals surface area contributed by atoms with Gasteiger partial charge in [0.2, 0.25) is 21.8 Å². The maximum absolute atomic E-state index is 12.8. The van der Waals surface area contributed by atoms with E-state index in [-0.39, 0.29) is 30.8 Å². The van der Waals surface area contributed by atoms with E-state index in [9.17, 15) is 23.1 Å². The molecule has 0 spiro atoms. The van der Waals surface area contributed by atoms with E-state index in [1.165, 1.54) is 18.2 Å². The number of nitrogens with one attached hydrogen (secondary N) is 3. The van der Waals surface area contributed by atoms with Crippen LogP contribution in [-0.4, -0.2) is 52.9 Å². The lowest BCUT2D eigenvalue weighted by Gasteiger charge is -2.33. The number of aromatic nitrogens is 2. The van der Waals surface area contributed by atoms with Crippen LogP contribution in [0.4, 0.5) is 5.69 Å². The molecular formula is C18H24N4O6S. The number of piperidine rings is 1. The standard InChI is InChI=1S/C18H24N4O6S/c1-11(16-17(24)21-18(25)20-16)29(26,27)22-9-7-15(8-10-22)28-14-5-3-13(4-6-14)19-12(2)23/h3-6,11,15,24H,7-10H2,1-2H3,(H,19,23)(H2,20,21,25). The summed E-state index contributed by atoms with van der Waals surface area (Å²) in [5, 5.41) is 11.3. The summed E-state index contributed by atoms with van der Waals surface area (Å²) in [6.07, 6.45) is 0.883. The largest absolute Gasteiger partial charge is 0.493 e. The van der Waals surface area contributed by atoms with E-state index in [2.05, 4.69) is 15.3 Å². The molecule has 1 aliphatic heterocycles. The first kappa shape index (κ1) is 20.9. The van der Waals surface area contributed by atoms with Crippen molar-refractivity contribution in [3.63, 3.8) is 0 Å². The van der Waals surface area contributed by atoms with E-state index in [0.29, 0.717) is 24.3 Å². The number of carbonyl (C=O) groups excluding carboxylic acids is 1. The molecule has 4 N–H and O–H groups in total. The molecule has 3 rings (SSSR count). The second-order valence-electron chi connectivity index (χ2n) is 6.95. The highest BCUT2D eigenvalue weighted by molar-refractivity contribution is 7.89. The van der Waals surface area contributed by atoms with Crippen LogP contribution in [-0.2, 0) is 14.8 Å². The van der Waals surface area contributed by atoms with Gasteiger partial charge in [0, 0.05) is 25.7 Å². The number of nitrogens with zero attached hydrogens (tertiary/aromatic N) is 1. The summed E-state index contributed by atoms with van der Waals surface area (Å²) in [6, 6.07) is 6.98. The van der Waals surface area contributed by atoms with Gasteiger partial charge in [0.05, 0.1) is 5.69 Å². The van der Waals surface area contributed by atoms with Crippen LogP contribution in [0.1, 0.15) is 37.6 Å². The molecule has 2 aromatic rings. The maximum Gasteiger partial charge on any atom is 0.325 e. The van der Waals surface area contributed by atoms with Crippen molar-refractivity contribution in [1.29, 1.82) is 0 Å². The average Bonchev–Trinajstić information content (AvgIpc) is 3.00. The summed E-state index contributed by atoms with van der Waals surface area (Å²) >= 11 is 0. The summed E-state index contributed by atoms with van der Waals surface area (Å²) in [5.74, 6) is 0.0223. The van der Waals surface area contributed by atoms with Crippen molar-refractivity contribution in [1.82, 2.24) is 14.3 Å². The number of aromatic amines is 2. The Balaban J connectivity index is 1.59. The SMILES string of the molecule is CC(=O)Nc1ccc(OC2CCN(S(=O)(=O)C(C)c3[nH]c(=O)[nH]c3O)CC2)cc1. The monoisotopic (exact) mass is 424 g/mol. The summed E-state index contributed by atoms with van der Waals surface area (Å²) in [5.41, 5.74) is -0.0328. The number of hydrogen-bond donors (Lipinski definition) is 4. The minimum atomic E-state index is -3.75. The van der Waals surface area contributed by atoms with Crippen LogP contribution in [0.5, 0.6) is 11.6 Å². The Bertz CT molecular complexity index is 1020. The van der Waals surface area contributed by atoms with Gasteiger partial charge in [-0.15, -0.1) is 0 Å². The van der Waals surface area contributed by atoms with Crippen LogP contribution in [0.25, 0.3) is 0 Å². The van der Waals surface area contributed by atoms with E-state index in [1.54, 1.807) is 24.3 Å². The third-order valence-corrected chi connectivity index (χ3v) is 7.04. The van der Waals surface area contributed by atoms with Crippen LogP contribution in [0.2, 0.25) is 0 Å². The number of sulfonamides is 1. The van der Waals surface area contributed by atoms with Gasteiger partial charge >= 0.3 is 5.69 Å². The summed E-state index contributed by atoms with van der Waals surface area (Å²) in [6.45, 7) is 3.41. The van der Waals surface area contributed by atoms with Gasteiger partial charge in [0.1, 0.15) is 17.1 Å². The minimum Gasteiger partial charge on any atom is -0.493 e. The number of aromatic hydroxyl groups is 1. The lowest BCUT2D eigenvalue weighted by molar-refractivity contribution is -0.114. The average molecular weight is 424 g/mol. The second-order valence-corrected chi connectivity index (χ2v) is 9.20. The van der Waals surface area contributed by atoms with E-state index in [4.69, 9.17) is 4.74 Å². The molecule has 1 fully saturated rings. The summed E-state index contributed by atoms with van der Waals surface area (Å²) in [4.78, 5) is 26.8. The zero-order valence-electron chi connectivity index (χ0n) is 16.1. The number of H-pyrrole nitrogens is 2. The zero-order chi connectivity index (χ0) is 21.2. The van der Waals surface area contributed by atoms with Gasteiger partial charge in [-0.2, -0.15) is 0 Å². The van der Waals surface area contributed by atoms with Crippen molar-refractivity contribution in [3.05, 3.63) is 40.4 Å². The number of hydrogen-bond acceptors (Lipinski definition) is 6. The van der Waals surface area contributed by atoms with Gasteiger partial charge < -0.3 is 20.1 Å². The van der Waals surface area contributed by atoms with Gasteiger partial charge in [-0.25, -0.2) is 17.5 Å². The summed E-state index contributed by atoms with van der Waals surface area (Å²) < 4.78 is 32.9. The van der Waals surface area contributed by atoms with Gasteiger partial charge in [-0.3, -0.25) is 9.78 Å². The molecule has 1 atom stereocenters. The Hall–Kier alpha value is -2.79. The quantitative estimate of drug-likeness (QED) is 0.550. The Morgan fingerprint density at radius 3 is 2.38 bits per heavy atom. The normalized spacial score (nSPS) is 17.0. The first-order valence-electron chi connectivity index (χ1n) is 9.21. The van der Waals surface area contributed by atoms with Gasteiger partial charge in [0.15, 0.2) is 0 Å². The smallest absolute Gasteiger partial charge is 0.325 e. The molecule has 2 heterocycles. The molecule has 11 heteroatoms. The lowest BCUT2D eigenvalue weighted by atomic mass is 10.1. The predicted molar refractivity (Wildman–Crippen MR) is 106 cm³/mol. The van der Waals surface area contributed by atoms with E-state index in [0.717, 1.165) is 0 Å². The molecule has 10 nitrogen and oxygen atoms in total. The molecule has 1 amide bonds. The molecule has 0 aliphatic carbocycles. The predicted octanol–water partition coefficient (Wildman–Crippen LogP) is 1.30. The number of benzene rings is 1. The molecule has 1 saturated heterocycles. The molecule has 158 valence electrons. The van der Waals surface area contributed by atoms with E-state index >= 15 is 0 Å². The number of anilines is 1. The molecule has 1 aliphatic rings. The number of carbonyl (C=O) groups is 1. The Kier molecular flexibility index (Phi) is 5.99. The molecule has 1 aromatic heterocycles. The van der Waals surface area contributed by atoms with Crippen LogP contribution in [0.3, 0.4) is 0 Å². The topological polar surface area (TPSA) is 145 Å². The van der Waals surface area contributed by atoms with Crippen molar-refractivity contribution in [2.75, 3.05) is 18.4 Å². The van der Waals surface area contributed by atoms with Gasteiger partial charge in [-0.05, 0) is 44.0 Å². The van der Waals surface area contributed by atoms with Crippen LogP contribution in [0, 0.1) is 0 Å². The fourth-order valence-electron chi connectivity index (χ4n) is 3.27. The maximum atomic E-state index is 12.8. The Labute approximate surface area is 167 Å². The molecular weight excluding hydrogens is 400 g/mol. The molecule has 1 aromatic carbocycles. The molecule has 29 heavy (non-hydrogen) atoms. The molecule has 1 unspecified atom stereocenters. The first-order chi connectivity index (χ1) is 13.7. The van der Waals surface area contributed by atoms with E-state index < -0.39 is 26.8 Å². The zero-order valence-corrected chi connectivity index (χ0v) is 17.0. The van der Waals surface area contributed by atoms with Gasteiger partial charge in [-0.1, -0.05) is 0 Å². The third kappa shape index (κ3) is 4.80. The number of rotatable bonds is 6. The fourth-order valence-corrected chi connectivity index (χ4v) is 4.91. The minimum absolute atomic E-state index is 0.0485. The first-order valence-corrected chi connectivity index (χ1v) is 10.7. The highest BCUT2D eigenvalue weighted by atomic mass is 32.2. The van der Waals surface area contributed by atoms with Crippen molar-refractivity contribution >= 4 is 21.6 Å². The number of amides is 1. The number of ether oxygens (including phenoxy) is 1. The number of imidazole rings is 1. The van der Waals surface area contributed by atoms with Crippen LogP contribution < -0.4 is 15.7 Å². The van der Waals surface area contributed by atoms with Crippen molar-refractivity contribution in [3.8, 4) is 11.6 Å². The molecule has 0 bridgehead atoms. The Morgan fingerprint density at radius 2 is 1.86 bits per heavy atom. The Morgan fingerprint density at radius 1 is 1.24 bits per heavy atom. The highest BCUT2D eigenvalue weighted by Gasteiger charge is 2.35. The fraction of sp³-hybridized carbons (Fsp3) is 0.444. The lowest BCUT2D eigenvalue weighted by Crippen LogP contribution is -2.43. The van der Waals surface area contributed by atoms with Crippen molar-refractivity contribution < 1.29 is 23.1 Å².